The predicted molar refractivity (Wildman–Crippen MR) is 96.8 cm³/mol. The maximum absolute atomic E-state index is 13.6. The van der Waals surface area contributed by atoms with Gasteiger partial charge in [-0.05, 0) is 67.2 Å². The molecule has 1 aliphatic rings. The molecule has 1 saturated heterocycles. The lowest BCUT2D eigenvalue weighted by Crippen LogP contribution is -2.50. The van der Waals surface area contributed by atoms with E-state index in [1.807, 2.05) is 0 Å². The summed E-state index contributed by atoms with van der Waals surface area (Å²) in [7, 11) is 0. The minimum Gasteiger partial charge on any atom is -0.444 e. The van der Waals surface area contributed by atoms with Crippen LogP contribution in [-0.2, 0) is 16.0 Å². The van der Waals surface area contributed by atoms with Gasteiger partial charge >= 0.3 is 6.09 Å². The number of carbonyl (C=O) groups is 2. The number of amides is 2. The molecule has 5 nitrogen and oxygen atoms in total. The van der Waals surface area contributed by atoms with E-state index in [0.717, 1.165) is 12.8 Å². The van der Waals surface area contributed by atoms with Crippen LogP contribution in [0.3, 0.4) is 0 Å². The highest BCUT2D eigenvalue weighted by atomic mass is 79.9. The van der Waals surface area contributed by atoms with Gasteiger partial charge in [0, 0.05) is 19.1 Å². The van der Waals surface area contributed by atoms with E-state index in [1.165, 1.54) is 6.07 Å². The van der Waals surface area contributed by atoms with Crippen molar-refractivity contribution in [3.05, 3.63) is 34.1 Å². The topological polar surface area (TPSA) is 58.6 Å². The molecule has 0 aromatic heterocycles. The Morgan fingerprint density at radius 3 is 2.76 bits per heavy atom. The van der Waals surface area contributed by atoms with E-state index >= 15 is 0 Å². The summed E-state index contributed by atoms with van der Waals surface area (Å²) in [5.74, 6) is -0.453. The molecule has 0 radical (unpaired) electrons. The van der Waals surface area contributed by atoms with Crippen LogP contribution in [0.5, 0.6) is 0 Å². The molecule has 1 N–H and O–H groups in total. The number of ether oxygens (including phenoxy) is 1. The van der Waals surface area contributed by atoms with E-state index in [2.05, 4.69) is 21.2 Å². The molecular weight excluding hydrogens is 391 g/mol. The van der Waals surface area contributed by atoms with Crippen molar-refractivity contribution in [2.45, 2.75) is 51.7 Å². The summed E-state index contributed by atoms with van der Waals surface area (Å²) < 4.78 is 19.2. The van der Waals surface area contributed by atoms with Gasteiger partial charge in [-0.1, -0.05) is 6.07 Å². The van der Waals surface area contributed by atoms with E-state index in [1.54, 1.807) is 37.8 Å². The number of hydrogen-bond acceptors (Lipinski definition) is 3. The van der Waals surface area contributed by atoms with Crippen LogP contribution in [0.1, 0.15) is 39.2 Å². The van der Waals surface area contributed by atoms with Crippen LogP contribution in [0, 0.1) is 5.82 Å². The van der Waals surface area contributed by atoms with Crippen molar-refractivity contribution in [3.63, 3.8) is 0 Å². The maximum Gasteiger partial charge on any atom is 0.407 e. The van der Waals surface area contributed by atoms with Crippen LogP contribution in [0.25, 0.3) is 0 Å². The van der Waals surface area contributed by atoms with Crippen LogP contribution in [0.4, 0.5) is 9.18 Å². The molecule has 25 heavy (non-hydrogen) atoms. The van der Waals surface area contributed by atoms with Gasteiger partial charge in [0.1, 0.15) is 11.4 Å². The molecule has 1 aliphatic heterocycles. The second-order valence-corrected chi connectivity index (χ2v) is 8.10. The quantitative estimate of drug-likeness (QED) is 0.820. The number of alkyl carbamates (subject to hydrolysis) is 1. The first-order chi connectivity index (χ1) is 11.6. The van der Waals surface area contributed by atoms with Crippen LogP contribution in [0.2, 0.25) is 0 Å². The zero-order valence-electron chi connectivity index (χ0n) is 14.8. The van der Waals surface area contributed by atoms with Crippen molar-refractivity contribution >= 4 is 27.9 Å². The van der Waals surface area contributed by atoms with Crippen molar-refractivity contribution in [3.8, 4) is 0 Å². The third kappa shape index (κ3) is 6.30. The first kappa shape index (κ1) is 19.7. The van der Waals surface area contributed by atoms with Crippen molar-refractivity contribution in [2.24, 2.45) is 0 Å². The number of likely N-dealkylation sites (tertiary alicyclic amines) is 1. The minimum absolute atomic E-state index is 0.0718. The molecule has 7 heteroatoms. The summed E-state index contributed by atoms with van der Waals surface area (Å²) in [6.07, 6.45) is 1.28. The Morgan fingerprint density at radius 2 is 2.12 bits per heavy atom. The predicted octanol–water partition coefficient (Wildman–Crippen LogP) is 3.65. The van der Waals surface area contributed by atoms with Gasteiger partial charge in [-0.25, -0.2) is 9.18 Å². The van der Waals surface area contributed by atoms with E-state index in [4.69, 9.17) is 4.74 Å². The lowest BCUT2D eigenvalue weighted by atomic mass is 10.0. The number of piperidine rings is 1. The van der Waals surface area contributed by atoms with E-state index in [9.17, 15) is 14.0 Å². The second kappa shape index (κ2) is 8.17. The molecule has 1 aromatic carbocycles. The summed E-state index contributed by atoms with van der Waals surface area (Å²) in [4.78, 5) is 26.1. The Morgan fingerprint density at radius 1 is 1.40 bits per heavy atom. The zero-order valence-corrected chi connectivity index (χ0v) is 16.4. The van der Waals surface area contributed by atoms with E-state index in [0.29, 0.717) is 23.1 Å². The van der Waals surface area contributed by atoms with Crippen molar-refractivity contribution in [1.29, 1.82) is 0 Å². The summed E-state index contributed by atoms with van der Waals surface area (Å²) in [5.41, 5.74) is 0.0767. The average molecular weight is 415 g/mol. The lowest BCUT2D eigenvalue weighted by Gasteiger charge is -2.33. The lowest BCUT2D eigenvalue weighted by molar-refractivity contribution is -0.131. The average Bonchev–Trinajstić information content (AvgIpc) is 2.49. The Kier molecular flexibility index (Phi) is 6.43. The highest BCUT2D eigenvalue weighted by molar-refractivity contribution is 9.10. The van der Waals surface area contributed by atoms with Gasteiger partial charge in [-0.2, -0.15) is 0 Å². The molecular formula is C18H24BrFN2O3. The summed E-state index contributed by atoms with van der Waals surface area (Å²) in [6, 6.07) is 4.56. The molecule has 1 heterocycles. The summed E-state index contributed by atoms with van der Waals surface area (Å²) in [6.45, 7) is 6.50. The Hall–Kier alpha value is -1.63. The van der Waals surface area contributed by atoms with Crippen molar-refractivity contribution in [2.75, 3.05) is 13.1 Å². The fourth-order valence-electron chi connectivity index (χ4n) is 2.73. The van der Waals surface area contributed by atoms with Crippen LogP contribution >= 0.6 is 15.9 Å². The maximum atomic E-state index is 13.6. The van der Waals surface area contributed by atoms with E-state index in [-0.39, 0.29) is 24.2 Å². The van der Waals surface area contributed by atoms with Gasteiger partial charge in [-0.15, -0.1) is 0 Å². The number of nitrogens with zero attached hydrogens (tertiary/aromatic N) is 1. The molecule has 2 rings (SSSR count). The van der Waals surface area contributed by atoms with Crippen LogP contribution < -0.4 is 5.32 Å². The van der Waals surface area contributed by atoms with Gasteiger partial charge in [0.2, 0.25) is 5.91 Å². The molecule has 1 aromatic rings. The molecule has 1 fully saturated rings. The number of rotatable bonds is 3. The van der Waals surface area contributed by atoms with Gasteiger partial charge in [0.25, 0.3) is 0 Å². The third-order valence-electron chi connectivity index (χ3n) is 3.83. The molecule has 0 bridgehead atoms. The molecule has 0 aliphatic carbocycles. The first-order valence-electron chi connectivity index (χ1n) is 8.35. The molecule has 1 unspecified atom stereocenters. The SMILES string of the molecule is CC(C)(C)OC(=O)NC1CCCN(C(=O)Cc2ccc(Br)c(F)c2)C1. The number of nitrogens with one attached hydrogen (secondary N) is 1. The third-order valence-corrected chi connectivity index (χ3v) is 4.48. The summed E-state index contributed by atoms with van der Waals surface area (Å²) >= 11 is 3.10. The first-order valence-corrected chi connectivity index (χ1v) is 9.14. The fraction of sp³-hybridized carbons (Fsp3) is 0.556. The van der Waals surface area contributed by atoms with Gasteiger partial charge in [-0.3, -0.25) is 4.79 Å². The normalized spacial score (nSPS) is 18.0. The number of carbonyl (C=O) groups excluding carboxylic acids is 2. The van der Waals surface area contributed by atoms with Crippen LogP contribution in [0.15, 0.2) is 22.7 Å². The molecule has 0 spiro atoms. The second-order valence-electron chi connectivity index (χ2n) is 7.25. The number of halogens is 2. The molecule has 0 saturated carbocycles. The van der Waals surface area contributed by atoms with Gasteiger partial charge in [0.15, 0.2) is 0 Å². The Labute approximate surface area is 156 Å². The molecule has 2 amide bonds. The minimum atomic E-state index is -0.556. The molecule has 138 valence electrons. The largest absolute Gasteiger partial charge is 0.444 e. The monoisotopic (exact) mass is 414 g/mol. The van der Waals surface area contributed by atoms with Crippen molar-refractivity contribution in [1.82, 2.24) is 10.2 Å². The number of benzene rings is 1. The van der Waals surface area contributed by atoms with Crippen molar-refractivity contribution < 1.29 is 18.7 Å². The highest BCUT2D eigenvalue weighted by Gasteiger charge is 2.26. The molecule has 1 atom stereocenters. The standard InChI is InChI=1S/C18H24BrFN2O3/c1-18(2,3)25-17(24)21-13-5-4-8-22(11-13)16(23)10-12-6-7-14(19)15(20)9-12/h6-7,9,13H,4-5,8,10-11H2,1-3H3,(H,21,24). The smallest absolute Gasteiger partial charge is 0.407 e. The van der Waals surface area contributed by atoms with Crippen LogP contribution in [-0.4, -0.2) is 41.6 Å². The summed E-state index contributed by atoms with van der Waals surface area (Å²) in [5, 5.41) is 2.82. The number of hydrogen-bond donors (Lipinski definition) is 1. The fourth-order valence-corrected chi connectivity index (χ4v) is 2.98. The Bertz CT molecular complexity index is 646. The zero-order chi connectivity index (χ0) is 18.6. The Balaban J connectivity index is 1.90. The van der Waals surface area contributed by atoms with E-state index < -0.39 is 11.7 Å². The highest BCUT2D eigenvalue weighted by Crippen LogP contribution is 2.18. The van der Waals surface area contributed by atoms with Gasteiger partial charge in [0.05, 0.1) is 10.9 Å². The van der Waals surface area contributed by atoms with Gasteiger partial charge < -0.3 is 15.0 Å².